The predicted molar refractivity (Wildman–Crippen MR) is 86.8 cm³/mol. The molecule has 6 heteroatoms. The van der Waals surface area contributed by atoms with Gasteiger partial charge in [0.25, 0.3) is 0 Å². The highest BCUT2D eigenvalue weighted by Crippen LogP contribution is 2.34. The van der Waals surface area contributed by atoms with Gasteiger partial charge >= 0.3 is 12.1 Å². The first-order chi connectivity index (χ1) is 10.4. The van der Waals surface area contributed by atoms with Crippen LogP contribution in [0.5, 0.6) is 0 Å². The summed E-state index contributed by atoms with van der Waals surface area (Å²) in [4.78, 5) is 25.7. The lowest BCUT2D eigenvalue weighted by Crippen LogP contribution is -2.49. The van der Waals surface area contributed by atoms with Crippen LogP contribution in [-0.4, -0.2) is 47.5 Å². The minimum absolute atomic E-state index is 0.210. The molecule has 0 bridgehead atoms. The number of ether oxygens (including phenoxy) is 3. The average Bonchev–Trinajstić information content (AvgIpc) is 2.61. The lowest BCUT2D eigenvalue weighted by molar-refractivity contribution is -0.143. The van der Waals surface area contributed by atoms with Crippen molar-refractivity contribution in [3.63, 3.8) is 0 Å². The number of rotatable bonds is 3. The van der Waals surface area contributed by atoms with Crippen LogP contribution in [0.25, 0.3) is 0 Å². The van der Waals surface area contributed by atoms with E-state index in [-0.39, 0.29) is 18.1 Å². The molecular formula is C17H29NO5. The zero-order valence-corrected chi connectivity index (χ0v) is 15.4. The van der Waals surface area contributed by atoms with Gasteiger partial charge in [-0.1, -0.05) is 12.2 Å². The molecular weight excluding hydrogens is 298 g/mol. The molecule has 23 heavy (non-hydrogen) atoms. The lowest BCUT2D eigenvalue weighted by atomic mass is 10.1. The van der Waals surface area contributed by atoms with Gasteiger partial charge in [-0.15, -0.1) is 0 Å². The zero-order valence-electron chi connectivity index (χ0n) is 15.4. The second-order valence-corrected chi connectivity index (χ2v) is 7.31. The fraction of sp³-hybridized carbons (Fsp3) is 0.765. The Labute approximate surface area is 138 Å². The van der Waals surface area contributed by atoms with Crippen LogP contribution in [0.1, 0.15) is 48.5 Å². The Bertz CT molecular complexity index is 478. The molecule has 1 aliphatic rings. The molecule has 0 spiro atoms. The van der Waals surface area contributed by atoms with Crippen molar-refractivity contribution in [2.24, 2.45) is 5.92 Å². The van der Waals surface area contributed by atoms with Gasteiger partial charge in [0.05, 0.1) is 25.2 Å². The van der Waals surface area contributed by atoms with Gasteiger partial charge in [-0.3, -0.25) is 9.69 Å². The molecule has 0 aromatic heterocycles. The molecule has 1 aliphatic heterocycles. The van der Waals surface area contributed by atoms with Crippen LogP contribution in [0.15, 0.2) is 12.2 Å². The van der Waals surface area contributed by atoms with Crippen molar-refractivity contribution in [3.05, 3.63) is 12.2 Å². The van der Waals surface area contributed by atoms with E-state index < -0.39 is 23.3 Å². The number of amides is 1. The molecule has 0 unspecified atom stereocenters. The van der Waals surface area contributed by atoms with Crippen molar-refractivity contribution < 1.29 is 23.8 Å². The predicted octanol–water partition coefficient (Wildman–Crippen LogP) is 3.11. The number of esters is 1. The number of carbonyl (C=O) groups excluding carboxylic acids is 2. The monoisotopic (exact) mass is 327 g/mol. The van der Waals surface area contributed by atoms with Crippen molar-refractivity contribution in [1.29, 1.82) is 0 Å². The Morgan fingerprint density at radius 3 is 2.35 bits per heavy atom. The Balaban J connectivity index is 3.00. The quantitative estimate of drug-likeness (QED) is 0.588. The third kappa shape index (κ3) is 4.96. The fourth-order valence-electron chi connectivity index (χ4n) is 2.59. The van der Waals surface area contributed by atoms with Gasteiger partial charge in [0.2, 0.25) is 0 Å². The molecule has 0 N–H and O–H groups in total. The number of methoxy groups -OCH3 is 1. The summed E-state index contributed by atoms with van der Waals surface area (Å²) in [6.07, 6.45) is 2.89. The number of carbonyl (C=O) groups is 2. The second-order valence-electron chi connectivity index (χ2n) is 7.31. The van der Waals surface area contributed by atoms with Gasteiger partial charge in [-0.2, -0.15) is 0 Å². The molecule has 132 valence electrons. The maximum atomic E-state index is 12.6. The van der Waals surface area contributed by atoms with Gasteiger partial charge in [-0.25, -0.2) is 4.79 Å². The van der Waals surface area contributed by atoms with Crippen LogP contribution in [0, 0.1) is 5.92 Å². The Morgan fingerprint density at radius 1 is 1.30 bits per heavy atom. The summed E-state index contributed by atoms with van der Waals surface area (Å²) in [7, 11) is 1.35. The van der Waals surface area contributed by atoms with E-state index >= 15 is 0 Å². The highest BCUT2D eigenvalue weighted by Gasteiger charge is 2.48. The van der Waals surface area contributed by atoms with Crippen molar-refractivity contribution >= 4 is 12.1 Å². The maximum Gasteiger partial charge on any atom is 0.413 e. The smallest absolute Gasteiger partial charge is 0.413 e. The molecule has 0 saturated carbocycles. The van der Waals surface area contributed by atoms with Crippen LogP contribution < -0.4 is 0 Å². The molecule has 3 atom stereocenters. The topological polar surface area (TPSA) is 65.1 Å². The number of hydrogen-bond acceptors (Lipinski definition) is 5. The molecule has 1 fully saturated rings. The highest BCUT2D eigenvalue weighted by molar-refractivity contribution is 5.74. The van der Waals surface area contributed by atoms with Crippen LogP contribution in [0.2, 0.25) is 0 Å². The first kappa shape index (κ1) is 19.5. The summed E-state index contributed by atoms with van der Waals surface area (Å²) in [6, 6.07) is -0.313. The molecule has 0 radical (unpaired) electrons. The van der Waals surface area contributed by atoms with Crippen molar-refractivity contribution in [3.8, 4) is 0 Å². The van der Waals surface area contributed by atoms with Gasteiger partial charge in [0.15, 0.2) is 0 Å². The molecule has 1 rings (SSSR count). The molecule has 1 amide bonds. The molecule has 1 heterocycles. The van der Waals surface area contributed by atoms with Crippen molar-refractivity contribution in [2.75, 3.05) is 7.11 Å². The zero-order chi connectivity index (χ0) is 18.0. The van der Waals surface area contributed by atoms with E-state index in [2.05, 4.69) is 0 Å². The van der Waals surface area contributed by atoms with E-state index in [1.165, 1.54) is 7.11 Å². The van der Waals surface area contributed by atoms with Crippen LogP contribution in [-0.2, 0) is 19.0 Å². The van der Waals surface area contributed by atoms with E-state index in [4.69, 9.17) is 14.2 Å². The van der Waals surface area contributed by atoms with Crippen molar-refractivity contribution in [1.82, 2.24) is 4.90 Å². The van der Waals surface area contributed by atoms with Gasteiger partial charge in [0.1, 0.15) is 11.3 Å². The van der Waals surface area contributed by atoms with Crippen molar-refractivity contribution in [2.45, 2.75) is 71.9 Å². The van der Waals surface area contributed by atoms with E-state index in [1.807, 2.05) is 47.6 Å². The molecule has 0 aromatic carbocycles. The van der Waals surface area contributed by atoms with E-state index in [1.54, 1.807) is 17.9 Å². The van der Waals surface area contributed by atoms with Gasteiger partial charge < -0.3 is 14.2 Å². The van der Waals surface area contributed by atoms with E-state index in [0.29, 0.717) is 0 Å². The minimum Gasteiger partial charge on any atom is -0.469 e. The summed E-state index contributed by atoms with van der Waals surface area (Å²) in [5.74, 6) is -0.715. The standard InChI is InChI=1S/C17H29NO5/c1-11(14(19)21-8)9-10-13-12(2)22-17(6,7)18(13)15(20)23-16(3,4)5/h9-13H,1-8H3/b10-9+/t11-,12+,13+/m0/s1. The van der Waals surface area contributed by atoms with Crippen LogP contribution >= 0.6 is 0 Å². The summed E-state index contributed by atoms with van der Waals surface area (Å²) in [5, 5.41) is 0. The summed E-state index contributed by atoms with van der Waals surface area (Å²) >= 11 is 0. The minimum atomic E-state index is -0.786. The average molecular weight is 327 g/mol. The Morgan fingerprint density at radius 2 is 1.87 bits per heavy atom. The third-order valence-electron chi connectivity index (χ3n) is 3.59. The Hall–Kier alpha value is -1.56. The number of nitrogens with zero attached hydrogens (tertiary/aromatic N) is 1. The molecule has 0 aliphatic carbocycles. The van der Waals surface area contributed by atoms with E-state index in [0.717, 1.165) is 0 Å². The third-order valence-corrected chi connectivity index (χ3v) is 3.59. The van der Waals surface area contributed by atoms with Gasteiger partial charge in [0, 0.05) is 0 Å². The first-order valence-electron chi connectivity index (χ1n) is 7.85. The normalized spacial score (nSPS) is 25.5. The Kier molecular flexibility index (Phi) is 5.85. The van der Waals surface area contributed by atoms with E-state index in [9.17, 15) is 9.59 Å². The summed E-state index contributed by atoms with van der Waals surface area (Å²) in [6.45, 7) is 12.7. The molecule has 1 saturated heterocycles. The number of hydrogen-bond donors (Lipinski definition) is 0. The highest BCUT2D eigenvalue weighted by atomic mass is 16.6. The fourth-order valence-corrected chi connectivity index (χ4v) is 2.59. The summed E-state index contributed by atoms with van der Waals surface area (Å²) < 4.78 is 16.1. The SMILES string of the molecule is COC(=O)[C@@H](C)/C=C/[C@@H]1[C@@H](C)OC(C)(C)N1C(=O)OC(C)(C)C. The van der Waals surface area contributed by atoms with Crippen LogP contribution in [0.4, 0.5) is 4.79 Å². The second kappa shape index (κ2) is 6.91. The first-order valence-corrected chi connectivity index (χ1v) is 7.85. The largest absolute Gasteiger partial charge is 0.469 e. The lowest BCUT2D eigenvalue weighted by Gasteiger charge is -2.34. The molecule has 6 nitrogen and oxygen atoms in total. The summed E-state index contributed by atoms with van der Waals surface area (Å²) in [5.41, 5.74) is -1.38. The van der Waals surface area contributed by atoms with Crippen LogP contribution in [0.3, 0.4) is 0 Å². The van der Waals surface area contributed by atoms with Gasteiger partial charge in [-0.05, 0) is 48.5 Å². The maximum absolute atomic E-state index is 12.6. The molecule has 0 aromatic rings.